The average molecular weight is 233 g/mol. The Kier molecular flexibility index (Phi) is 2.50. The van der Waals surface area contributed by atoms with Gasteiger partial charge in [-0.1, -0.05) is 18.2 Å². The zero-order valence-electron chi connectivity index (χ0n) is 9.64. The van der Waals surface area contributed by atoms with Crippen molar-refractivity contribution in [3.63, 3.8) is 0 Å². The van der Waals surface area contributed by atoms with E-state index in [9.17, 15) is 4.39 Å². The molecule has 1 saturated carbocycles. The minimum Gasteiger partial charge on any atom is -0.370 e. The lowest BCUT2D eigenvalue weighted by molar-refractivity contribution is 0.295. The summed E-state index contributed by atoms with van der Waals surface area (Å²) in [4.78, 5) is 6.53. The van der Waals surface area contributed by atoms with E-state index in [0.29, 0.717) is 5.96 Å². The zero-order valence-corrected chi connectivity index (χ0v) is 9.64. The molecule has 1 aromatic rings. The maximum Gasteiger partial charge on any atom is 0.191 e. The highest BCUT2D eigenvalue weighted by molar-refractivity contribution is 5.79. The molecule has 90 valence electrons. The number of rotatable bonds is 2. The lowest BCUT2D eigenvalue weighted by Crippen LogP contribution is -2.46. The first-order valence-corrected chi connectivity index (χ1v) is 6.08. The van der Waals surface area contributed by atoms with Crippen LogP contribution >= 0.6 is 0 Å². The number of nitrogens with two attached hydrogens (primary N) is 1. The van der Waals surface area contributed by atoms with Gasteiger partial charge in [0.2, 0.25) is 0 Å². The van der Waals surface area contributed by atoms with Gasteiger partial charge in [0.05, 0.1) is 6.04 Å². The van der Waals surface area contributed by atoms with Crippen LogP contribution in [0.3, 0.4) is 0 Å². The highest BCUT2D eigenvalue weighted by Gasteiger charge is 2.40. The molecule has 2 atom stereocenters. The van der Waals surface area contributed by atoms with Crippen LogP contribution in [-0.4, -0.2) is 30.0 Å². The van der Waals surface area contributed by atoms with Gasteiger partial charge in [0.25, 0.3) is 0 Å². The second kappa shape index (κ2) is 4.02. The van der Waals surface area contributed by atoms with Gasteiger partial charge >= 0.3 is 0 Å². The van der Waals surface area contributed by atoms with Crippen LogP contribution in [0, 0.1) is 5.82 Å². The first-order chi connectivity index (χ1) is 8.25. The number of guanidine groups is 1. The summed E-state index contributed by atoms with van der Waals surface area (Å²) < 4.78 is 13.5. The molecule has 0 amide bonds. The molecule has 1 aliphatic carbocycles. The van der Waals surface area contributed by atoms with Gasteiger partial charge in [-0.25, -0.2) is 9.38 Å². The van der Waals surface area contributed by atoms with Gasteiger partial charge in [0.15, 0.2) is 5.96 Å². The van der Waals surface area contributed by atoms with E-state index >= 15 is 0 Å². The largest absolute Gasteiger partial charge is 0.370 e. The molecule has 0 aromatic heterocycles. The maximum absolute atomic E-state index is 13.5. The van der Waals surface area contributed by atoms with Crippen LogP contribution in [0.5, 0.6) is 0 Å². The fourth-order valence-electron chi connectivity index (χ4n) is 2.23. The normalized spacial score (nSPS) is 27.8. The molecule has 3 rings (SSSR count). The van der Waals surface area contributed by atoms with Gasteiger partial charge in [-0.05, 0) is 24.5 Å². The number of benzene rings is 1. The smallest absolute Gasteiger partial charge is 0.191 e. The quantitative estimate of drug-likeness (QED) is 0.624. The molecular weight excluding hydrogens is 217 g/mol. The third-order valence-electron chi connectivity index (χ3n) is 3.54. The molecule has 0 spiro atoms. The summed E-state index contributed by atoms with van der Waals surface area (Å²) in [6.45, 7) is 2.01. The van der Waals surface area contributed by atoms with Crippen molar-refractivity contribution in [3.8, 4) is 0 Å². The monoisotopic (exact) mass is 233 g/mol. The highest BCUT2D eigenvalue weighted by atomic mass is 19.1. The zero-order chi connectivity index (χ0) is 11.8. The van der Waals surface area contributed by atoms with Crippen molar-refractivity contribution in [2.75, 3.05) is 13.1 Å². The first-order valence-electron chi connectivity index (χ1n) is 6.08. The average Bonchev–Trinajstić information content (AvgIpc) is 2.95. The minimum atomic E-state index is -0.127. The predicted octanol–water partition coefficient (Wildman–Crippen LogP) is 1.70. The van der Waals surface area contributed by atoms with Gasteiger partial charge in [-0.15, -0.1) is 0 Å². The Morgan fingerprint density at radius 3 is 2.76 bits per heavy atom. The summed E-state index contributed by atoms with van der Waals surface area (Å²) in [6.07, 6.45) is 2.10. The second-order valence-electron chi connectivity index (χ2n) is 4.76. The fraction of sp³-hybridized carbons (Fsp3) is 0.462. The molecule has 0 unspecified atom stereocenters. The maximum atomic E-state index is 13.5. The van der Waals surface area contributed by atoms with E-state index in [4.69, 9.17) is 5.73 Å². The standard InChI is InChI=1S/C13H16FN3/c14-11-5-2-1-4-9(11)10-8-12(10)16-13(15)17-6-3-7-17/h1-2,4-5,10,12H,3,6-8H2,(H2,15,16)/t10-,12+/m0/s1. The van der Waals surface area contributed by atoms with E-state index < -0.39 is 0 Å². The third kappa shape index (κ3) is 1.99. The van der Waals surface area contributed by atoms with Gasteiger partial charge in [0, 0.05) is 19.0 Å². The Labute approximate surface area is 100 Å². The number of hydrogen-bond donors (Lipinski definition) is 1. The van der Waals surface area contributed by atoms with Crippen molar-refractivity contribution >= 4 is 5.96 Å². The van der Waals surface area contributed by atoms with Crippen LogP contribution in [0.2, 0.25) is 0 Å². The van der Waals surface area contributed by atoms with Crippen molar-refractivity contribution in [1.29, 1.82) is 0 Å². The number of aliphatic imine (C=N–C) groups is 1. The Bertz CT molecular complexity index is 454. The van der Waals surface area contributed by atoms with Crippen molar-refractivity contribution in [2.45, 2.75) is 24.8 Å². The van der Waals surface area contributed by atoms with Gasteiger partial charge in [-0.2, -0.15) is 0 Å². The minimum absolute atomic E-state index is 0.127. The van der Waals surface area contributed by atoms with Crippen molar-refractivity contribution in [2.24, 2.45) is 10.7 Å². The second-order valence-corrected chi connectivity index (χ2v) is 4.76. The molecule has 1 saturated heterocycles. The van der Waals surface area contributed by atoms with Crippen LogP contribution in [0.1, 0.15) is 24.3 Å². The summed E-state index contributed by atoms with van der Waals surface area (Å²) in [5, 5.41) is 0. The van der Waals surface area contributed by atoms with E-state index in [1.165, 1.54) is 12.5 Å². The molecule has 1 aromatic carbocycles. The molecule has 3 nitrogen and oxygen atoms in total. The van der Waals surface area contributed by atoms with Gasteiger partial charge in [0.1, 0.15) is 5.82 Å². The number of nitrogens with zero attached hydrogens (tertiary/aromatic N) is 2. The Morgan fingerprint density at radius 2 is 2.12 bits per heavy atom. The van der Waals surface area contributed by atoms with E-state index in [0.717, 1.165) is 25.1 Å². The highest BCUT2D eigenvalue weighted by Crippen LogP contribution is 2.44. The van der Waals surface area contributed by atoms with E-state index in [2.05, 4.69) is 9.89 Å². The topological polar surface area (TPSA) is 41.6 Å². The molecule has 1 aliphatic heterocycles. The van der Waals surface area contributed by atoms with Crippen LogP contribution < -0.4 is 5.73 Å². The summed E-state index contributed by atoms with van der Waals surface area (Å²) in [7, 11) is 0. The molecule has 0 bridgehead atoms. The summed E-state index contributed by atoms with van der Waals surface area (Å²) >= 11 is 0. The molecule has 4 heteroatoms. The van der Waals surface area contributed by atoms with E-state index in [1.807, 2.05) is 12.1 Å². The van der Waals surface area contributed by atoms with Crippen LogP contribution in [-0.2, 0) is 0 Å². The van der Waals surface area contributed by atoms with Gasteiger partial charge in [-0.3, -0.25) is 0 Å². The lowest BCUT2D eigenvalue weighted by Gasteiger charge is -2.31. The SMILES string of the molecule is NC(=N[C@@H]1C[C@H]1c1ccccc1F)N1CCC1. The van der Waals surface area contributed by atoms with Crippen molar-refractivity contribution in [1.82, 2.24) is 4.90 Å². The summed E-state index contributed by atoms with van der Waals surface area (Å²) in [6, 6.07) is 7.11. The number of hydrogen-bond acceptors (Lipinski definition) is 1. The molecule has 2 fully saturated rings. The predicted molar refractivity (Wildman–Crippen MR) is 65.4 cm³/mol. The van der Waals surface area contributed by atoms with Crippen LogP contribution in [0.25, 0.3) is 0 Å². The van der Waals surface area contributed by atoms with E-state index in [1.54, 1.807) is 6.07 Å². The lowest BCUT2D eigenvalue weighted by atomic mass is 10.1. The van der Waals surface area contributed by atoms with Gasteiger partial charge < -0.3 is 10.6 Å². The van der Waals surface area contributed by atoms with Crippen molar-refractivity contribution in [3.05, 3.63) is 35.6 Å². The Morgan fingerprint density at radius 1 is 1.35 bits per heavy atom. The Balaban J connectivity index is 1.68. The third-order valence-corrected chi connectivity index (χ3v) is 3.54. The van der Waals surface area contributed by atoms with Crippen LogP contribution in [0.15, 0.2) is 29.3 Å². The molecule has 1 heterocycles. The summed E-state index contributed by atoms with van der Waals surface area (Å²) in [5.41, 5.74) is 6.66. The fourth-order valence-corrected chi connectivity index (χ4v) is 2.23. The van der Waals surface area contributed by atoms with E-state index in [-0.39, 0.29) is 17.8 Å². The van der Waals surface area contributed by atoms with Crippen molar-refractivity contribution < 1.29 is 4.39 Å². The number of halogens is 1. The molecule has 2 N–H and O–H groups in total. The molecule has 17 heavy (non-hydrogen) atoms. The molecular formula is C13H16FN3. The van der Waals surface area contributed by atoms with Crippen LogP contribution in [0.4, 0.5) is 4.39 Å². The Hall–Kier alpha value is -1.58. The molecule has 0 radical (unpaired) electrons. The molecule has 2 aliphatic rings. The number of likely N-dealkylation sites (tertiary alicyclic amines) is 1. The first kappa shape index (κ1) is 10.6. The summed E-state index contributed by atoms with van der Waals surface area (Å²) in [5.74, 6) is 0.717.